The van der Waals surface area contributed by atoms with Gasteiger partial charge in [0.2, 0.25) is 5.82 Å². The summed E-state index contributed by atoms with van der Waals surface area (Å²) in [5.41, 5.74) is 2.12. The van der Waals surface area contributed by atoms with E-state index in [1.54, 1.807) is 36.4 Å². The number of halogens is 2. The molecule has 206 valence electrons. The molecule has 1 amide bonds. The quantitative estimate of drug-likeness (QED) is 0.140. The molecule has 0 saturated heterocycles. The summed E-state index contributed by atoms with van der Waals surface area (Å²) in [4.78, 5) is 29.7. The molecule has 4 aromatic rings. The van der Waals surface area contributed by atoms with E-state index in [1.165, 1.54) is 28.5 Å². The maximum atomic E-state index is 13.8. The number of hydrogen-bond acceptors (Lipinski definition) is 6. The topological polar surface area (TPSA) is 97.7 Å². The Labute approximate surface area is 239 Å². The van der Waals surface area contributed by atoms with Gasteiger partial charge in [0.15, 0.2) is 0 Å². The highest BCUT2D eigenvalue weighted by Gasteiger charge is 2.33. The van der Waals surface area contributed by atoms with E-state index in [0.717, 1.165) is 37.0 Å². The van der Waals surface area contributed by atoms with E-state index in [-0.39, 0.29) is 11.3 Å². The number of nitrogens with zero attached hydrogens (tertiary/aromatic N) is 2. The molecule has 0 radical (unpaired) electrons. The highest BCUT2D eigenvalue weighted by atomic mass is 35.5. The van der Waals surface area contributed by atoms with Crippen LogP contribution in [0.25, 0.3) is 11.3 Å². The summed E-state index contributed by atoms with van der Waals surface area (Å²) in [5, 5.41) is 15.3. The Hall–Kier alpha value is -3.82. The smallest absolute Gasteiger partial charge is 0.305 e. The van der Waals surface area contributed by atoms with Crippen LogP contribution in [0.15, 0.2) is 64.0 Å². The third-order valence-electron chi connectivity index (χ3n) is 7.16. The van der Waals surface area contributed by atoms with Gasteiger partial charge in [-0.3, -0.25) is 14.9 Å². The van der Waals surface area contributed by atoms with Gasteiger partial charge < -0.3 is 9.73 Å². The second kappa shape index (κ2) is 11.0. The van der Waals surface area contributed by atoms with Gasteiger partial charge in [0.25, 0.3) is 5.91 Å². The zero-order chi connectivity index (χ0) is 28.6. The molecule has 1 N–H and O–H groups in total. The number of anilines is 1. The Balaban J connectivity index is 1.46. The van der Waals surface area contributed by atoms with Gasteiger partial charge in [-0.2, -0.15) is 4.39 Å². The van der Waals surface area contributed by atoms with Crippen molar-refractivity contribution in [1.82, 2.24) is 0 Å². The van der Waals surface area contributed by atoms with E-state index in [9.17, 15) is 19.3 Å². The predicted octanol–water partition coefficient (Wildman–Crippen LogP) is 8.86. The van der Waals surface area contributed by atoms with Crippen LogP contribution in [-0.4, -0.2) is 17.0 Å². The number of amides is 1. The first-order chi connectivity index (χ1) is 19.0. The van der Waals surface area contributed by atoms with Crippen LogP contribution < -0.4 is 5.32 Å². The molecule has 0 aliphatic heterocycles. The SMILES string of the molecule is CC(C)(C)[C@@H]1CCc2c(sc(N=Cc3ccc(-c4ccc(F)c([N+](=O)[O-])c4)o3)c2C(=O)Nc2ccc(Cl)cc2)C1. The first-order valence-electron chi connectivity index (χ1n) is 12.8. The molecule has 0 fully saturated rings. The first-order valence-corrected chi connectivity index (χ1v) is 14.0. The molecule has 10 heteroatoms. The first kappa shape index (κ1) is 27.7. The Kier molecular flexibility index (Phi) is 7.61. The summed E-state index contributed by atoms with van der Waals surface area (Å²) in [5.74, 6) is 0.0746. The summed E-state index contributed by atoms with van der Waals surface area (Å²) in [7, 11) is 0. The summed E-state index contributed by atoms with van der Waals surface area (Å²) in [6.45, 7) is 6.73. The number of aliphatic imine (C=N–C) groups is 1. The van der Waals surface area contributed by atoms with Gasteiger partial charge in [-0.05, 0) is 84.7 Å². The van der Waals surface area contributed by atoms with Crippen LogP contribution in [0.1, 0.15) is 53.8 Å². The molecular weight excluding hydrogens is 553 g/mol. The molecule has 5 rings (SSSR count). The number of carbonyl (C=O) groups is 1. The van der Waals surface area contributed by atoms with Crippen LogP contribution in [0, 0.1) is 27.3 Å². The van der Waals surface area contributed by atoms with Gasteiger partial charge >= 0.3 is 5.69 Å². The second-order valence-corrected chi connectivity index (χ2v) is 12.4. The van der Waals surface area contributed by atoms with Crippen molar-refractivity contribution in [1.29, 1.82) is 0 Å². The van der Waals surface area contributed by atoms with Crippen molar-refractivity contribution in [2.75, 3.05) is 5.32 Å². The number of rotatable bonds is 6. The third-order valence-corrected chi connectivity index (χ3v) is 8.58. The highest BCUT2D eigenvalue weighted by molar-refractivity contribution is 7.16. The van der Waals surface area contributed by atoms with E-state index in [2.05, 4.69) is 31.1 Å². The number of nitrogens with one attached hydrogen (secondary N) is 1. The van der Waals surface area contributed by atoms with E-state index in [0.29, 0.717) is 44.3 Å². The Morgan fingerprint density at radius 3 is 2.65 bits per heavy atom. The lowest BCUT2D eigenvalue weighted by molar-refractivity contribution is -0.387. The van der Waals surface area contributed by atoms with Crippen molar-refractivity contribution in [2.24, 2.45) is 16.3 Å². The van der Waals surface area contributed by atoms with Crippen molar-refractivity contribution in [3.8, 4) is 11.3 Å². The maximum absolute atomic E-state index is 13.8. The summed E-state index contributed by atoms with van der Waals surface area (Å²) in [6.07, 6.45) is 4.19. The van der Waals surface area contributed by atoms with Gasteiger partial charge in [0.1, 0.15) is 16.5 Å². The fourth-order valence-electron chi connectivity index (χ4n) is 4.87. The molecule has 7 nitrogen and oxygen atoms in total. The van der Waals surface area contributed by atoms with Gasteiger partial charge in [0.05, 0.1) is 16.7 Å². The van der Waals surface area contributed by atoms with Crippen LogP contribution in [0.5, 0.6) is 0 Å². The van der Waals surface area contributed by atoms with Crippen molar-refractivity contribution >= 4 is 51.4 Å². The summed E-state index contributed by atoms with van der Waals surface area (Å²) < 4.78 is 19.6. The molecule has 1 aliphatic rings. The molecule has 1 aliphatic carbocycles. The molecule has 40 heavy (non-hydrogen) atoms. The second-order valence-electron chi connectivity index (χ2n) is 10.8. The Morgan fingerprint density at radius 2 is 1.95 bits per heavy atom. The number of thiophene rings is 1. The standard InChI is InChI=1S/C30H27ClFN3O4S/c1-30(2,3)18-5-11-22-26(15-18)40-29(27(22)28(36)34-20-8-6-19(31)7-9-20)33-16-21-10-13-25(39-21)17-4-12-23(32)24(14-17)35(37)38/h4,6-10,12-14,16,18H,5,11,15H2,1-3H3,(H,34,36)/t18-/m1/s1. The molecule has 2 heterocycles. The lowest BCUT2D eigenvalue weighted by atomic mass is 9.72. The van der Waals surface area contributed by atoms with Crippen molar-refractivity contribution in [2.45, 2.75) is 40.0 Å². The average molecular weight is 580 g/mol. The largest absolute Gasteiger partial charge is 0.455 e. The van der Waals surface area contributed by atoms with Crippen molar-refractivity contribution in [3.63, 3.8) is 0 Å². The number of benzene rings is 2. The minimum atomic E-state index is -0.915. The summed E-state index contributed by atoms with van der Waals surface area (Å²) >= 11 is 7.52. The fourth-order valence-corrected chi connectivity index (χ4v) is 6.26. The zero-order valence-corrected chi connectivity index (χ0v) is 23.7. The van der Waals surface area contributed by atoms with Gasteiger partial charge in [-0.1, -0.05) is 32.4 Å². The minimum Gasteiger partial charge on any atom is -0.455 e. The molecule has 0 unspecified atom stereocenters. The van der Waals surface area contributed by atoms with Crippen LogP contribution in [0.3, 0.4) is 0 Å². The number of nitro groups is 1. The van der Waals surface area contributed by atoms with E-state index < -0.39 is 16.4 Å². The monoisotopic (exact) mass is 579 g/mol. The zero-order valence-electron chi connectivity index (χ0n) is 22.2. The molecule has 1 atom stereocenters. The van der Waals surface area contributed by atoms with Crippen LogP contribution >= 0.6 is 22.9 Å². The number of furan rings is 1. The minimum absolute atomic E-state index is 0.150. The van der Waals surface area contributed by atoms with Crippen molar-refractivity contribution in [3.05, 3.63) is 97.3 Å². The normalized spacial score (nSPS) is 15.3. The molecule has 0 bridgehead atoms. The predicted molar refractivity (Wildman–Crippen MR) is 157 cm³/mol. The van der Waals surface area contributed by atoms with Gasteiger partial charge in [-0.15, -0.1) is 11.3 Å². The van der Waals surface area contributed by atoms with E-state index in [1.807, 2.05) is 0 Å². The lowest BCUT2D eigenvalue weighted by Gasteiger charge is -2.33. The van der Waals surface area contributed by atoms with E-state index >= 15 is 0 Å². The lowest BCUT2D eigenvalue weighted by Crippen LogP contribution is -2.27. The molecular formula is C30H27ClFN3O4S. The van der Waals surface area contributed by atoms with Crippen LogP contribution in [-0.2, 0) is 12.8 Å². The van der Waals surface area contributed by atoms with Gasteiger partial charge in [0, 0.05) is 27.2 Å². The number of carbonyl (C=O) groups excluding carboxylic acids is 1. The fraction of sp³-hybridized carbons (Fsp3) is 0.267. The number of fused-ring (bicyclic) bond motifs is 1. The van der Waals surface area contributed by atoms with Crippen LogP contribution in [0.2, 0.25) is 5.02 Å². The Morgan fingerprint density at radius 1 is 1.20 bits per heavy atom. The van der Waals surface area contributed by atoms with Crippen LogP contribution in [0.4, 0.5) is 20.8 Å². The van der Waals surface area contributed by atoms with Crippen molar-refractivity contribution < 1.29 is 18.5 Å². The molecule has 0 saturated carbocycles. The maximum Gasteiger partial charge on any atom is 0.305 e. The van der Waals surface area contributed by atoms with E-state index in [4.69, 9.17) is 16.0 Å². The number of hydrogen-bond donors (Lipinski definition) is 1. The Bertz CT molecular complexity index is 1620. The summed E-state index contributed by atoms with van der Waals surface area (Å²) in [6, 6.07) is 13.8. The third kappa shape index (κ3) is 5.85. The molecule has 0 spiro atoms. The number of nitro benzene ring substituents is 1. The molecule has 2 aromatic carbocycles. The highest BCUT2D eigenvalue weighted by Crippen LogP contribution is 2.45. The molecule has 2 aromatic heterocycles. The average Bonchev–Trinajstić information content (AvgIpc) is 3.52. The van der Waals surface area contributed by atoms with Gasteiger partial charge in [-0.25, -0.2) is 4.99 Å².